The number of hydrogen-bond acceptors (Lipinski definition) is 3. The van der Waals surface area contributed by atoms with E-state index in [4.69, 9.17) is 0 Å². The third-order valence-corrected chi connectivity index (χ3v) is 2.78. The smallest absolute Gasteiger partial charge is 0.276 e. The van der Waals surface area contributed by atoms with Crippen LogP contribution >= 0.6 is 0 Å². The van der Waals surface area contributed by atoms with Gasteiger partial charge in [0.25, 0.3) is 5.91 Å². The first-order valence-electron chi connectivity index (χ1n) is 5.53. The summed E-state index contributed by atoms with van der Waals surface area (Å²) in [5.74, 6) is 0.00523. The molecule has 1 N–H and O–H groups in total. The lowest BCUT2D eigenvalue weighted by molar-refractivity contribution is 0.0736. The number of nitrogens with one attached hydrogen (secondary N) is 1. The number of carbonyl (C=O) groups excluding carboxylic acids is 1. The van der Waals surface area contributed by atoms with Crippen LogP contribution in [0, 0.1) is 0 Å². The van der Waals surface area contributed by atoms with Gasteiger partial charge in [-0.25, -0.2) is 0 Å². The van der Waals surface area contributed by atoms with Gasteiger partial charge in [0.1, 0.15) is 0 Å². The van der Waals surface area contributed by atoms with Crippen LogP contribution in [0.2, 0.25) is 0 Å². The van der Waals surface area contributed by atoms with Gasteiger partial charge in [-0.05, 0) is 12.8 Å². The fourth-order valence-electron chi connectivity index (χ4n) is 1.92. The van der Waals surface area contributed by atoms with E-state index in [1.807, 2.05) is 4.90 Å². The van der Waals surface area contributed by atoms with Crippen molar-refractivity contribution in [1.82, 2.24) is 20.3 Å². The van der Waals surface area contributed by atoms with Gasteiger partial charge in [-0.1, -0.05) is 19.3 Å². The molecule has 0 unspecified atom stereocenters. The summed E-state index contributed by atoms with van der Waals surface area (Å²) in [4.78, 5) is 13.8. The highest BCUT2D eigenvalue weighted by Crippen LogP contribution is 2.12. The molecule has 5 heteroatoms. The fraction of sp³-hybridized carbons (Fsp3) is 0.700. The molecule has 0 radical (unpaired) electrons. The third kappa shape index (κ3) is 2.55. The Balaban J connectivity index is 1.98. The number of nitrogens with zero attached hydrogens (tertiary/aromatic N) is 3. The minimum Gasteiger partial charge on any atom is -0.337 e. The molecular weight excluding hydrogens is 192 g/mol. The lowest BCUT2D eigenvalue weighted by Gasteiger charge is -2.23. The van der Waals surface area contributed by atoms with Crippen molar-refractivity contribution in [2.24, 2.45) is 0 Å². The van der Waals surface area contributed by atoms with E-state index in [0.717, 1.165) is 25.9 Å². The molecule has 1 fully saturated rings. The summed E-state index contributed by atoms with van der Waals surface area (Å²) in [6, 6.07) is 0. The molecule has 0 aliphatic carbocycles. The Hall–Kier alpha value is -1.39. The predicted molar refractivity (Wildman–Crippen MR) is 55.4 cm³/mol. The molecule has 2 rings (SSSR count). The summed E-state index contributed by atoms with van der Waals surface area (Å²) in [5, 5.41) is 9.94. The molecule has 1 amide bonds. The van der Waals surface area contributed by atoms with Crippen LogP contribution in [0.5, 0.6) is 0 Å². The highest BCUT2D eigenvalue weighted by molar-refractivity contribution is 5.91. The summed E-state index contributed by atoms with van der Waals surface area (Å²) in [6.45, 7) is 1.71. The molecule has 0 bridgehead atoms. The van der Waals surface area contributed by atoms with E-state index < -0.39 is 0 Å². The van der Waals surface area contributed by atoms with Gasteiger partial charge < -0.3 is 4.90 Å². The molecule has 0 atom stereocenters. The SMILES string of the molecule is O=C(c1cn[nH]n1)N1CCCCCCC1. The van der Waals surface area contributed by atoms with E-state index in [0.29, 0.717) is 5.69 Å². The number of aromatic nitrogens is 3. The van der Waals surface area contributed by atoms with Crippen LogP contribution in [0.1, 0.15) is 42.6 Å². The maximum absolute atomic E-state index is 11.9. The van der Waals surface area contributed by atoms with Crippen LogP contribution in [0.15, 0.2) is 6.20 Å². The second-order valence-corrected chi connectivity index (χ2v) is 3.92. The summed E-state index contributed by atoms with van der Waals surface area (Å²) in [5.41, 5.74) is 0.426. The summed E-state index contributed by atoms with van der Waals surface area (Å²) < 4.78 is 0. The number of likely N-dealkylation sites (tertiary alicyclic amines) is 1. The second-order valence-electron chi connectivity index (χ2n) is 3.92. The van der Waals surface area contributed by atoms with E-state index in [-0.39, 0.29) is 5.91 Å². The van der Waals surface area contributed by atoms with E-state index in [1.165, 1.54) is 25.5 Å². The summed E-state index contributed by atoms with van der Waals surface area (Å²) in [6.07, 6.45) is 7.44. The molecule has 0 aromatic carbocycles. The van der Waals surface area contributed by atoms with Gasteiger partial charge in [0.15, 0.2) is 5.69 Å². The number of aromatic amines is 1. The maximum atomic E-state index is 11.9. The van der Waals surface area contributed by atoms with E-state index in [9.17, 15) is 4.79 Å². The van der Waals surface area contributed by atoms with Gasteiger partial charge in [-0.2, -0.15) is 15.4 Å². The molecule has 1 aliphatic rings. The Morgan fingerprint density at radius 2 is 1.87 bits per heavy atom. The first-order chi connectivity index (χ1) is 7.38. The van der Waals surface area contributed by atoms with Gasteiger partial charge in [-0.3, -0.25) is 4.79 Å². The van der Waals surface area contributed by atoms with Crippen molar-refractivity contribution in [2.75, 3.05) is 13.1 Å². The Labute approximate surface area is 88.9 Å². The molecule has 0 saturated carbocycles. The first-order valence-corrected chi connectivity index (χ1v) is 5.53. The minimum atomic E-state index is 0.00523. The predicted octanol–water partition coefficient (Wildman–Crippen LogP) is 1.21. The zero-order valence-corrected chi connectivity index (χ0v) is 8.78. The highest BCUT2D eigenvalue weighted by Gasteiger charge is 2.18. The van der Waals surface area contributed by atoms with E-state index >= 15 is 0 Å². The largest absolute Gasteiger partial charge is 0.337 e. The normalized spacial score (nSPS) is 18.3. The Bertz CT molecular complexity index is 301. The molecule has 5 nitrogen and oxygen atoms in total. The second kappa shape index (κ2) is 4.91. The highest BCUT2D eigenvalue weighted by atomic mass is 16.2. The quantitative estimate of drug-likeness (QED) is 0.754. The molecule has 82 valence electrons. The summed E-state index contributed by atoms with van der Waals surface area (Å²) >= 11 is 0. The monoisotopic (exact) mass is 208 g/mol. The van der Waals surface area contributed by atoms with Gasteiger partial charge in [0.05, 0.1) is 6.20 Å². The number of rotatable bonds is 1. The first kappa shape index (κ1) is 10.1. The zero-order valence-electron chi connectivity index (χ0n) is 8.78. The lowest BCUT2D eigenvalue weighted by Crippen LogP contribution is -2.34. The summed E-state index contributed by atoms with van der Waals surface area (Å²) in [7, 11) is 0. The Morgan fingerprint density at radius 1 is 1.20 bits per heavy atom. The van der Waals surface area contributed by atoms with Crippen molar-refractivity contribution in [3.8, 4) is 0 Å². The van der Waals surface area contributed by atoms with E-state index in [1.54, 1.807) is 0 Å². The molecular formula is C10H16N4O. The molecule has 15 heavy (non-hydrogen) atoms. The topological polar surface area (TPSA) is 61.9 Å². The molecule has 1 aromatic rings. The number of carbonyl (C=O) groups is 1. The van der Waals surface area contributed by atoms with Crippen molar-refractivity contribution < 1.29 is 4.79 Å². The van der Waals surface area contributed by atoms with Gasteiger partial charge in [-0.15, -0.1) is 0 Å². The minimum absolute atomic E-state index is 0.00523. The third-order valence-electron chi connectivity index (χ3n) is 2.78. The van der Waals surface area contributed by atoms with Gasteiger partial charge in [0.2, 0.25) is 0 Å². The average Bonchev–Trinajstić information content (AvgIpc) is 2.68. The van der Waals surface area contributed by atoms with Crippen molar-refractivity contribution in [3.63, 3.8) is 0 Å². The molecule has 1 saturated heterocycles. The molecule has 1 aromatic heterocycles. The van der Waals surface area contributed by atoms with Crippen molar-refractivity contribution >= 4 is 5.91 Å². The van der Waals surface area contributed by atoms with Crippen LogP contribution in [0.3, 0.4) is 0 Å². The Kier molecular flexibility index (Phi) is 3.32. The maximum Gasteiger partial charge on any atom is 0.276 e. The van der Waals surface area contributed by atoms with Gasteiger partial charge >= 0.3 is 0 Å². The average molecular weight is 208 g/mol. The lowest BCUT2D eigenvalue weighted by atomic mass is 10.1. The Morgan fingerprint density at radius 3 is 2.47 bits per heavy atom. The number of amides is 1. The van der Waals surface area contributed by atoms with E-state index in [2.05, 4.69) is 15.4 Å². The molecule has 2 heterocycles. The van der Waals surface area contributed by atoms with Crippen LogP contribution in [-0.2, 0) is 0 Å². The fourth-order valence-corrected chi connectivity index (χ4v) is 1.92. The van der Waals surface area contributed by atoms with Gasteiger partial charge in [0, 0.05) is 13.1 Å². The molecule has 0 spiro atoms. The number of H-pyrrole nitrogens is 1. The van der Waals surface area contributed by atoms with Crippen molar-refractivity contribution in [3.05, 3.63) is 11.9 Å². The zero-order chi connectivity index (χ0) is 10.5. The van der Waals surface area contributed by atoms with Crippen LogP contribution in [0.25, 0.3) is 0 Å². The van der Waals surface area contributed by atoms with Crippen molar-refractivity contribution in [1.29, 1.82) is 0 Å². The van der Waals surface area contributed by atoms with Crippen LogP contribution < -0.4 is 0 Å². The number of hydrogen-bond donors (Lipinski definition) is 1. The van der Waals surface area contributed by atoms with Crippen LogP contribution in [0.4, 0.5) is 0 Å². The molecule has 1 aliphatic heterocycles. The van der Waals surface area contributed by atoms with Crippen LogP contribution in [-0.4, -0.2) is 39.3 Å². The van der Waals surface area contributed by atoms with Crippen molar-refractivity contribution in [2.45, 2.75) is 32.1 Å². The standard InChI is InChI=1S/C10H16N4O/c15-10(9-8-11-13-12-9)14-6-4-2-1-3-5-7-14/h8H,1-7H2,(H,11,12,13).